The van der Waals surface area contributed by atoms with E-state index in [1.54, 1.807) is 0 Å². The highest BCUT2D eigenvalue weighted by atomic mass is 32.0. The quantitative estimate of drug-likeness (QED) is 0.389. The Morgan fingerprint density at radius 3 is 2.77 bits per heavy atom. The van der Waals surface area contributed by atoms with Crippen LogP contribution in [0.3, 0.4) is 0 Å². The summed E-state index contributed by atoms with van der Waals surface area (Å²) >= 11 is 0. The first-order valence-electron chi connectivity index (χ1n) is 4.40. The van der Waals surface area contributed by atoms with Gasteiger partial charge in [0.05, 0.1) is 6.10 Å². The van der Waals surface area contributed by atoms with Gasteiger partial charge in [0.15, 0.2) is 0 Å². The van der Waals surface area contributed by atoms with Crippen molar-refractivity contribution in [2.24, 2.45) is 5.92 Å². The SMILES string of the molecule is CC#CCC(C)[C@@H](/C=C/C)OPP. The van der Waals surface area contributed by atoms with Crippen LogP contribution in [-0.4, -0.2) is 6.10 Å². The van der Waals surface area contributed by atoms with Gasteiger partial charge in [0.1, 0.15) is 0 Å². The molecule has 0 saturated heterocycles. The summed E-state index contributed by atoms with van der Waals surface area (Å²) in [4.78, 5) is 0. The molecule has 0 aromatic carbocycles. The lowest BCUT2D eigenvalue weighted by atomic mass is 10.0. The fourth-order valence-electron chi connectivity index (χ4n) is 0.993. The molecule has 3 unspecified atom stereocenters. The van der Waals surface area contributed by atoms with E-state index < -0.39 is 0 Å². The molecule has 0 aromatic rings. The third kappa shape index (κ3) is 6.23. The number of hydrogen-bond acceptors (Lipinski definition) is 1. The van der Waals surface area contributed by atoms with Gasteiger partial charge >= 0.3 is 0 Å². The molecular formula is C10H18OP2. The highest BCUT2D eigenvalue weighted by molar-refractivity contribution is 8.00. The molecule has 0 rings (SSSR count). The first kappa shape index (κ1) is 13.1. The predicted molar refractivity (Wildman–Crippen MR) is 64.9 cm³/mol. The van der Waals surface area contributed by atoms with Crippen LogP contribution in [0, 0.1) is 17.8 Å². The Morgan fingerprint density at radius 1 is 1.62 bits per heavy atom. The molecule has 0 bridgehead atoms. The van der Waals surface area contributed by atoms with E-state index in [9.17, 15) is 0 Å². The maximum Gasteiger partial charge on any atom is 0.0833 e. The second kappa shape index (κ2) is 8.71. The Bertz CT molecular complexity index is 203. The van der Waals surface area contributed by atoms with Gasteiger partial charge in [-0.15, -0.1) is 11.8 Å². The normalized spacial score (nSPS) is 16.0. The minimum atomic E-state index is 0.210. The summed E-state index contributed by atoms with van der Waals surface area (Å²) in [6, 6.07) is 0. The molecule has 0 heterocycles. The van der Waals surface area contributed by atoms with E-state index in [0.29, 0.717) is 14.4 Å². The second-order valence-corrected chi connectivity index (χ2v) is 4.01. The van der Waals surface area contributed by atoms with Gasteiger partial charge in [0.25, 0.3) is 0 Å². The van der Waals surface area contributed by atoms with Crippen molar-refractivity contribution in [3.63, 3.8) is 0 Å². The van der Waals surface area contributed by atoms with Crippen LogP contribution >= 0.6 is 17.4 Å². The van der Waals surface area contributed by atoms with Crippen molar-refractivity contribution in [3.8, 4) is 11.8 Å². The molecule has 0 spiro atoms. The van der Waals surface area contributed by atoms with Crippen molar-refractivity contribution < 1.29 is 4.52 Å². The van der Waals surface area contributed by atoms with Gasteiger partial charge in [-0.2, -0.15) is 0 Å². The lowest BCUT2D eigenvalue weighted by molar-refractivity contribution is 0.221. The van der Waals surface area contributed by atoms with Crippen LogP contribution in [0.5, 0.6) is 0 Å². The maximum absolute atomic E-state index is 5.58. The van der Waals surface area contributed by atoms with Gasteiger partial charge in [0, 0.05) is 14.9 Å². The molecule has 0 amide bonds. The molecule has 0 radical (unpaired) electrons. The molecule has 0 aromatic heterocycles. The minimum absolute atomic E-state index is 0.210. The molecule has 4 atom stereocenters. The minimum Gasteiger partial charge on any atom is -0.351 e. The van der Waals surface area contributed by atoms with Gasteiger partial charge in [-0.05, 0) is 19.8 Å². The second-order valence-electron chi connectivity index (χ2n) is 2.83. The average Bonchev–Trinajstić information content (AvgIpc) is 2.14. The van der Waals surface area contributed by atoms with Crippen LogP contribution in [0.2, 0.25) is 0 Å². The van der Waals surface area contributed by atoms with Crippen molar-refractivity contribution >= 4 is 17.4 Å². The monoisotopic (exact) mass is 216 g/mol. The summed E-state index contributed by atoms with van der Waals surface area (Å²) in [5.41, 5.74) is 0. The molecule has 74 valence electrons. The first-order valence-corrected chi connectivity index (χ1v) is 7.11. The lowest BCUT2D eigenvalue weighted by Gasteiger charge is -2.18. The molecule has 3 heteroatoms. The van der Waals surface area contributed by atoms with E-state index in [0.717, 1.165) is 6.42 Å². The molecule has 0 N–H and O–H groups in total. The zero-order valence-corrected chi connectivity index (χ0v) is 10.7. The lowest BCUT2D eigenvalue weighted by Crippen LogP contribution is -2.15. The highest BCUT2D eigenvalue weighted by Crippen LogP contribution is 2.28. The molecule has 0 fully saturated rings. The zero-order chi connectivity index (χ0) is 10.1. The average molecular weight is 216 g/mol. The summed E-state index contributed by atoms with van der Waals surface area (Å²) in [5, 5.41) is 0. The van der Waals surface area contributed by atoms with Crippen molar-refractivity contribution in [1.82, 2.24) is 0 Å². The molecule has 13 heavy (non-hydrogen) atoms. The van der Waals surface area contributed by atoms with Crippen LogP contribution in [0.4, 0.5) is 0 Å². The van der Waals surface area contributed by atoms with Crippen LogP contribution in [0.25, 0.3) is 0 Å². The van der Waals surface area contributed by atoms with Crippen molar-refractivity contribution in [3.05, 3.63) is 12.2 Å². The highest BCUT2D eigenvalue weighted by Gasteiger charge is 2.12. The van der Waals surface area contributed by atoms with Crippen LogP contribution in [0.15, 0.2) is 12.2 Å². The largest absolute Gasteiger partial charge is 0.351 e. The smallest absolute Gasteiger partial charge is 0.0833 e. The molecule has 0 saturated carbocycles. The van der Waals surface area contributed by atoms with Crippen LogP contribution < -0.4 is 0 Å². The summed E-state index contributed by atoms with van der Waals surface area (Å²) in [7, 11) is 3.07. The number of allylic oxidation sites excluding steroid dienone is 1. The molecular weight excluding hydrogens is 198 g/mol. The van der Waals surface area contributed by atoms with Gasteiger partial charge in [-0.25, -0.2) is 0 Å². The fraction of sp³-hybridized carbons (Fsp3) is 0.600. The molecule has 1 nitrogen and oxygen atoms in total. The van der Waals surface area contributed by atoms with Gasteiger partial charge in [-0.3, -0.25) is 0 Å². The third-order valence-corrected chi connectivity index (χ3v) is 2.56. The molecule has 0 aliphatic heterocycles. The summed E-state index contributed by atoms with van der Waals surface area (Å²) in [6.07, 6.45) is 5.24. The Hall–Kier alpha value is 0.120. The van der Waals surface area contributed by atoms with Crippen molar-refractivity contribution in [2.45, 2.75) is 33.3 Å². The molecule has 0 aliphatic carbocycles. The third-order valence-electron chi connectivity index (χ3n) is 1.75. The van der Waals surface area contributed by atoms with E-state index in [1.165, 1.54) is 0 Å². The van der Waals surface area contributed by atoms with Crippen LogP contribution in [0.1, 0.15) is 27.2 Å². The van der Waals surface area contributed by atoms with E-state index in [4.69, 9.17) is 4.52 Å². The van der Waals surface area contributed by atoms with Gasteiger partial charge < -0.3 is 4.52 Å². The Morgan fingerprint density at radius 2 is 2.31 bits per heavy atom. The van der Waals surface area contributed by atoms with Gasteiger partial charge in [-0.1, -0.05) is 28.0 Å². The maximum atomic E-state index is 5.58. The molecule has 0 aliphatic rings. The van der Waals surface area contributed by atoms with E-state index in [-0.39, 0.29) is 6.10 Å². The standard InChI is InChI=1S/C10H18OP2/c1-4-6-8-9(3)10(7-5-2)11-13-12/h5,7,9-10,13H,8,12H2,1-3H3/b7-5+/t9?,10-/m1/s1. The van der Waals surface area contributed by atoms with E-state index >= 15 is 0 Å². The Labute approximate surface area is 85.7 Å². The van der Waals surface area contributed by atoms with Crippen molar-refractivity contribution in [2.75, 3.05) is 0 Å². The number of rotatable bonds is 5. The summed E-state index contributed by atoms with van der Waals surface area (Å²) in [6.45, 7) is 6.05. The van der Waals surface area contributed by atoms with E-state index in [2.05, 4.69) is 33.8 Å². The van der Waals surface area contributed by atoms with Crippen LogP contribution in [-0.2, 0) is 4.52 Å². The first-order chi connectivity index (χ1) is 6.26. The fourth-order valence-corrected chi connectivity index (χ4v) is 1.93. The Balaban J connectivity index is 4.06. The Kier molecular flexibility index (Phi) is 8.79. The number of hydrogen-bond donors (Lipinski definition) is 0. The topological polar surface area (TPSA) is 9.23 Å². The van der Waals surface area contributed by atoms with Crippen molar-refractivity contribution in [1.29, 1.82) is 0 Å². The predicted octanol–water partition coefficient (Wildman–Crippen LogP) is 3.38. The van der Waals surface area contributed by atoms with E-state index in [1.807, 2.05) is 19.9 Å². The zero-order valence-electron chi connectivity index (χ0n) is 8.50. The van der Waals surface area contributed by atoms with Gasteiger partial charge in [0.2, 0.25) is 0 Å². The summed E-state index contributed by atoms with van der Waals surface area (Å²) < 4.78 is 5.58. The summed E-state index contributed by atoms with van der Waals surface area (Å²) in [5.74, 6) is 6.45.